The number of alkyl halides is 1. The molecular formula is C7H14FNO. The molecule has 60 valence electrons. The summed E-state index contributed by atoms with van der Waals surface area (Å²) in [4.78, 5) is 1.87. The minimum absolute atomic E-state index is 0.0231. The lowest BCUT2D eigenvalue weighted by molar-refractivity contribution is 0.101. The van der Waals surface area contributed by atoms with E-state index >= 15 is 0 Å². The number of hydrogen-bond donors (Lipinski definition) is 1. The molecular weight excluding hydrogens is 133 g/mol. The van der Waals surface area contributed by atoms with Crippen LogP contribution in [0.3, 0.4) is 0 Å². The van der Waals surface area contributed by atoms with Crippen molar-refractivity contribution in [2.24, 2.45) is 0 Å². The molecule has 1 rings (SSSR count). The Morgan fingerprint density at radius 3 is 2.50 bits per heavy atom. The summed E-state index contributed by atoms with van der Waals surface area (Å²) in [6.45, 7) is 2.18. The fourth-order valence-electron chi connectivity index (χ4n) is 1.53. The molecule has 3 unspecified atom stereocenters. The van der Waals surface area contributed by atoms with Crippen LogP contribution in [0.25, 0.3) is 0 Å². The highest BCUT2D eigenvalue weighted by Gasteiger charge is 2.31. The smallest absolute Gasteiger partial charge is 0.114 e. The highest BCUT2D eigenvalue weighted by molar-refractivity contribution is 4.86. The Bertz CT molecular complexity index is 118. The van der Waals surface area contributed by atoms with E-state index in [-0.39, 0.29) is 6.04 Å². The van der Waals surface area contributed by atoms with Gasteiger partial charge in [0, 0.05) is 12.6 Å². The van der Waals surface area contributed by atoms with Gasteiger partial charge in [-0.15, -0.1) is 0 Å². The number of likely N-dealkylation sites (N-methyl/N-ethyl adjacent to an activating group) is 1. The first kappa shape index (κ1) is 7.95. The third-order valence-corrected chi connectivity index (χ3v) is 2.11. The molecule has 0 bridgehead atoms. The van der Waals surface area contributed by atoms with E-state index in [1.807, 2.05) is 11.9 Å². The molecule has 2 nitrogen and oxygen atoms in total. The van der Waals surface area contributed by atoms with Gasteiger partial charge < -0.3 is 5.11 Å². The lowest BCUT2D eigenvalue weighted by Crippen LogP contribution is -2.34. The molecule has 0 aromatic carbocycles. The summed E-state index contributed by atoms with van der Waals surface area (Å²) < 4.78 is 12.6. The number of aliphatic hydroxyl groups is 1. The summed E-state index contributed by atoms with van der Waals surface area (Å²) >= 11 is 0. The first-order chi connectivity index (χ1) is 4.61. The van der Waals surface area contributed by atoms with Gasteiger partial charge in [0.05, 0.1) is 6.10 Å². The van der Waals surface area contributed by atoms with Gasteiger partial charge in [0.25, 0.3) is 0 Å². The summed E-state index contributed by atoms with van der Waals surface area (Å²) in [6, 6.07) is 0.0231. The van der Waals surface area contributed by atoms with Crippen molar-refractivity contribution in [3.8, 4) is 0 Å². The zero-order valence-corrected chi connectivity index (χ0v) is 6.42. The molecule has 1 saturated heterocycles. The quantitative estimate of drug-likeness (QED) is 0.580. The molecule has 1 aliphatic heterocycles. The van der Waals surface area contributed by atoms with Crippen molar-refractivity contribution in [3.63, 3.8) is 0 Å². The summed E-state index contributed by atoms with van der Waals surface area (Å²) in [5.41, 5.74) is 0. The lowest BCUT2D eigenvalue weighted by atomic mass is 10.1. The zero-order valence-electron chi connectivity index (χ0n) is 6.42. The van der Waals surface area contributed by atoms with Crippen molar-refractivity contribution in [3.05, 3.63) is 0 Å². The topological polar surface area (TPSA) is 23.5 Å². The van der Waals surface area contributed by atoms with Crippen molar-refractivity contribution in [1.82, 2.24) is 4.90 Å². The van der Waals surface area contributed by atoms with Crippen LogP contribution in [-0.4, -0.2) is 41.9 Å². The van der Waals surface area contributed by atoms with Crippen molar-refractivity contribution >= 4 is 0 Å². The van der Waals surface area contributed by atoms with Gasteiger partial charge in [-0.25, -0.2) is 4.39 Å². The van der Waals surface area contributed by atoms with E-state index in [0.29, 0.717) is 13.0 Å². The maximum atomic E-state index is 12.6. The van der Waals surface area contributed by atoms with Gasteiger partial charge in [0.1, 0.15) is 6.17 Å². The third-order valence-electron chi connectivity index (χ3n) is 2.11. The molecule has 3 heteroatoms. The van der Waals surface area contributed by atoms with Crippen LogP contribution in [0.15, 0.2) is 0 Å². The van der Waals surface area contributed by atoms with Crippen LogP contribution in [0.1, 0.15) is 13.3 Å². The SMILES string of the molecule is CC(O)C1CC(F)CN1C. The highest BCUT2D eigenvalue weighted by atomic mass is 19.1. The van der Waals surface area contributed by atoms with E-state index in [2.05, 4.69) is 0 Å². The van der Waals surface area contributed by atoms with Gasteiger partial charge in [-0.3, -0.25) is 4.90 Å². The Morgan fingerprint density at radius 1 is 1.70 bits per heavy atom. The molecule has 0 aromatic heterocycles. The normalized spacial score (nSPS) is 38.4. The fourth-order valence-corrected chi connectivity index (χ4v) is 1.53. The van der Waals surface area contributed by atoms with Gasteiger partial charge in [-0.05, 0) is 20.4 Å². The average molecular weight is 147 g/mol. The molecule has 1 aliphatic rings. The number of likely N-dealkylation sites (tertiary alicyclic amines) is 1. The highest BCUT2D eigenvalue weighted by Crippen LogP contribution is 2.20. The van der Waals surface area contributed by atoms with E-state index in [0.717, 1.165) is 0 Å². The Balaban J connectivity index is 2.46. The zero-order chi connectivity index (χ0) is 7.72. The monoisotopic (exact) mass is 147 g/mol. The first-order valence-corrected chi connectivity index (χ1v) is 3.63. The summed E-state index contributed by atoms with van der Waals surface area (Å²) in [5, 5.41) is 9.13. The van der Waals surface area contributed by atoms with E-state index in [4.69, 9.17) is 5.11 Å². The predicted molar refractivity (Wildman–Crippen MR) is 37.6 cm³/mol. The second-order valence-corrected chi connectivity index (χ2v) is 3.08. The van der Waals surface area contributed by atoms with E-state index in [9.17, 15) is 4.39 Å². The maximum absolute atomic E-state index is 12.6. The molecule has 1 heterocycles. The van der Waals surface area contributed by atoms with Crippen molar-refractivity contribution in [2.45, 2.75) is 31.7 Å². The largest absolute Gasteiger partial charge is 0.392 e. The maximum Gasteiger partial charge on any atom is 0.114 e. The molecule has 0 amide bonds. The molecule has 0 radical (unpaired) electrons. The number of rotatable bonds is 1. The number of aliphatic hydroxyl groups excluding tert-OH is 1. The Kier molecular flexibility index (Phi) is 2.26. The van der Waals surface area contributed by atoms with Crippen LogP contribution in [-0.2, 0) is 0 Å². The summed E-state index contributed by atoms with van der Waals surface area (Å²) in [7, 11) is 1.84. The first-order valence-electron chi connectivity index (χ1n) is 3.63. The Labute approximate surface area is 60.6 Å². The van der Waals surface area contributed by atoms with Gasteiger partial charge in [-0.2, -0.15) is 0 Å². The molecule has 0 aromatic rings. The van der Waals surface area contributed by atoms with E-state index in [1.165, 1.54) is 0 Å². The Hall–Kier alpha value is -0.150. The Morgan fingerprint density at radius 2 is 2.30 bits per heavy atom. The van der Waals surface area contributed by atoms with Crippen LogP contribution >= 0.6 is 0 Å². The van der Waals surface area contributed by atoms with Crippen molar-refractivity contribution < 1.29 is 9.50 Å². The fraction of sp³-hybridized carbons (Fsp3) is 1.00. The second-order valence-electron chi connectivity index (χ2n) is 3.08. The molecule has 0 aliphatic carbocycles. The minimum Gasteiger partial charge on any atom is -0.392 e. The van der Waals surface area contributed by atoms with Crippen LogP contribution in [0, 0.1) is 0 Å². The molecule has 0 spiro atoms. The molecule has 10 heavy (non-hydrogen) atoms. The van der Waals surface area contributed by atoms with Crippen LogP contribution in [0.5, 0.6) is 0 Å². The van der Waals surface area contributed by atoms with Gasteiger partial charge in [-0.1, -0.05) is 0 Å². The second kappa shape index (κ2) is 2.84. The third kappa shape index (κ3) is 1.47. The molecule has 0 saturated carbocycles. The van der Waals surface area contributed by atoms with Gasteiger partial charge in [0.15, 0.2) is 0 Å². The number of hydrogen-bond acceptors (Lipinski definition) is 2. The van der Waals surface area contributed by atoms with Gasteiger partial charge >= 0.3 is 0 Å². The standard InChI is InChI=1S/C7H14FNO/c1-5(10)7-3-6(8)4-9(7)2/h5-7,10H,3-4H2,1-2H3. The van der Waals surface area contributed by atoms with E-state index < -0.39 is 12.3 Å². The minimum atomic E-state index is -0.746. The van der Waals surface area contributed by atoms with Crippen LogP contribution < -0.4 is 0 Å². The predicted octanol–water partition coefficient (Wildman–Crippen LogP) is 0.409. The average Bonchev–Trinajstić information content (AvgIpc) is 2.10. The van der Waals surface area contributed by atoms with Gasteiger partial charge in [0.2, 0.25) is 0 Å². The van der Waals surface area contributed by atoms with Crippen LogP contribution in [0.2, 0.25) is 0 Å². The molecule has 1 fully saturated rings. The number of nitrogens with zero attached hydrogens (tertiary/aromatic N) is 1. The van der Waals surface area contributed by atoms with Crippen molar-refractivity contribution in [1.29, 1.82) is 0 Å². The molecule has 1 N–H and O–H groups in total. The molecule has 3 atom stereocenters. The summed E-state index contributed by atoms with van der Waals surface area (Å²) in [6.07, 6.45) is -0.677. The number of halogens is 1. The van der Waals surface area contributed by atoms with E-state index in [1.54, 1.807) is 6.92 Å². The van der Waals surface area contributed by atoms with Crippen molar-refractivity contribution in [2.75, 3.05) is 13.6 Å². The summed E-state index contributed by atoms with van der Waals surface area (Å²) in [5.74, 6) is 0. The lowest BCUT2D eigenvalue weighted by Gasteiger charge is -2.20. The van der Waals surface area contributed by atoms with Crippen LogP contribution in [0.4, 0.5) is 4.39 Å².